The average Bonchev–Trinajstić information content (AvgIpc) is 2.16. The minimum atomic E-state index is -0.114. The summed E-state index contributed by atoms with van der Waals surface area (Å²) in [4.78, 5) is 11.1. The molecule has 0 saturated carbocycles. The van der Waals surface area contributed by atoms with Crippen LogP contribution in [0.15, 0.2) is 12.1 Å². The predicted octanol–water partition coefficient (Wildman–Crippen LogP) is 2.03. The van der Waals surface area contributed by atoms with Gasteiger partial charge < -0.3 is 5.11 Å². The lowest BCUT2D eigenvalue weighted by Crippen LogP contribution is -1.97. The number of benzene rings is 1. The molecule has 1 N–H and O–H groups in total. The maximum atomic E-state index is 11.1. The van der Waals surface area contributed by atoms with Crippen LogP contribution in [0.1, 0.15) is 35.3 Å². The maximum Gasteiger partial charge on any atom is 0.159 e. The molecule has 0 amide bonds. The van der Waals surface area contributed by atoms with Crippen molar-refractivity contribution < 1.29 is 9.90 Å². The van der Waals surface area contributed by atoms with E-state index in [1.54, 1.807) is 6.07 Å². The predicted molar refractivity (Wildman–Crippen MR) is 52.2 cm³/mol. The van der Waals surface area contributed by atoms with Crippen LogP contribution in [0, 0.1) is 11.3 Å². The number of nitriles is 1. The fourth-order valence-electron chi connectivity index (χ4n) is 1.30. The Balaban J connectivity index is 3.40. The van der Waals surface area contributed by atoms with Crippen LogP contribution >= 0.6 is 0 Å². The molecule has 0 heterocycles. The number of phenolic OH excluding ortho intramolecular Hbond substituents is 1. The minimum absolute atomic E-state index is 0.112. The van der Waals surface area contributed by atoms with E-state index in [0.29, 0.717) is 17.5 Å². The number of hydrogen-bond donors (Lipinski definition) is 1. The smallest absolute Gasteiger partial charge is 0.159 e. The number of rotatable bonds is 2. The van der Waals surface area contributed by atoms with Gasteiger partial charge in [0.15, 0.2) is 5.78 Å². The average molecular weight is 189 g/mol. The van der Waals surface area contributed by atoms with Crippen LogP contribution in [0.5, 0.6) is 5.75 Å². The van der Waals surface area contributed by atoms with Gasteiger partial charge in [0.2, 0.25) is 0 Å². The Morgan fingerprint density at radius 2 is 2.21 bits per heavy atom. The van der Waals surface area contributed by atoms with Gasteiger partial charge in [-0.05, 0) is 31.0 Å². The van der Waals surface area contributed by atoms with E-state index in [9.17, 15) is 9.90 Å². The van der Waals surface area contributed by atoms with Gasteiger partial charge in [-0.15, -0.1) is 0 Å². The second-order valence-electron chi connectivity index (χ2n) is 3.05. The van der Waals surface area contributed by atoms with Crippen molar-refractivity contribution in [3.63, 3.8) is 0 Å². The van der Waals surface area contributed by atoms with Crippen molar-refractivity contribution in [2.75, 3.05) is 0 Å². The molecule has 0 aliphatic carbocycles. The van der Waals surface area contributed by atoms with E-state index in [0.717, 1.165) is 0 Å². The van der Waals surface area contributed by atoms with Gasteiger partial charge in [-0.2, -0.15) is 5.26 Å². The van der Waals surface area contributed by atoms with E-state index in [1.807, 2.05) is 13.0 Å². The Morgan fingerprint density at radius 3 is 2.64 bits per heavy atom. The summed E-state index contributed by atoms with van der Waals surface area (Å²) in [6.07, 6.45) is 0.623. The van der Waals surface area contributed by atoms with Gasteiger partial charge in [0.05, 0.1) is 5.56 Å². The molecule has 3 nitrogen and oxygen atoms in total. The first-order chi connectivity index (χ1) is 6.60. The van der Waals surface area contributed by atoms with E-state index in [2.05, 4.69) is 0 Å². The molecule has 3 heteroatoms. The van der Waals surface area contributed by atoms with Crippen molar-refractivity contribution in [1.82, 2.24) is 0 Å². The molecule has 0 fully saturated rings. The van der Waals surface area contributed by atoms with Gasteiger partial charge in [0, 0.05) is 5.56 Å². The van der Waals surface area contributed by atoms with E-state index in [-0.39, 0.29) is 17.1 Å². The monoisotopic (exact) mass is 189 g/mol. The van der Waals surface area contributed by atoms with E-state index < -0.39 is 0 Å². The highest BCUT2D eigenvalue weighted by atomic mass is 16.3. The second kappa shape index (κ2) is 3.93. The molecule has 0 bridgehead atoms. The largest absolute Gasteiger partial charge is 0.507 e. The van der Waals surface area contributed by atoms with Gasteiger partial charge >= 0.3 is 0 Å². The van der Waals surface area contributed by atoms with Crippen LogP contribution in [-0.4, -0.2) is 10.9 Å². The van der Waals surface area contributed by atoms with Crippen LogP contribution in [0.25, 0.3) is 0 Å². The fourth-order valence-corrected chi connectivity index (χ4v) is 1.30. The molecule has 0 saturated heterocycles. The Morgan fingerprint density at radius 1 is 1.57 bits per heavy atom. The molecule has 0 radical (unpaired) electrons. The summed E-state index contributed by atoms with van der Waals surface area (Å²) in [5.74, 6) is -0.225. The van der Waals surface area contributed by atoms with Crippen LogP contribution < -0.4 is 0 Å². The highest BCUT2D eigenvalue weighted by Gasteiger charge is 2.10. The summed E-state index contributed by atoms with van der Waals surface area (Å²) >= 11 is 0. The summed E-state index contributed by atoms with van der Waals surface area (Å²) in [5, 5.41) is 18.2. The molecular weight excluding hydrogens is 178 g/mol. The van der Waals surface area contributed by atoms with Crippen LogP contribution in [0.4, 0.5) is 0 Å². The highest BCUT2D eigenvalue weighted by Crippen LogP contribution is 2.23. The number of Topliss-reactive ketones (excluding diaryl/α,β-unsaturated/α-hetero) is 1. The lowest BCUT2D eigenvalue weighted by molar-refractivity contribution is 0.101. The zero-order valence-corrected chi connectivity index (χ0v) is 8.16. The Kier molecular flexibility index (Phi) is 2.88. The SMILES string of the molecule is CCc1cc(C(C)=O)cc(O)c1C#N. The number of carbonyl (C=O) groups excluding carboxylic acids is 1. The number of nitrogens with zero attached hydrogens (tertiary/aromatic N) is 1. The number of ketones is 1. The third-order valence-electron chi connectivity index (χ3n) is 2.10. The van der Waals surface area contributed by atoms with E-state index in [1.165, 1.54) is 13.0 Å². The number of carbonyl (C=O) groups is 1. The molecular formula is C11H11NO2. The molecule has 0 unspecified atom stereocenters. The minimum Gasteiger partial charge on any atom is -0.507 e. The summed E-state index contributed by atoms with van der Waals surface area (Å²) in [5.41, 5.74) is 1.41. The Hall–Kier alpha value is -1.82. The summed E-state index contributed by atoms with van der Waals surface area (Å²) in [6.45, 7) is 3.31. The lowest BCUT2D eigenvalue weighted by Gasteiger charge is -2.05. The van der Waals surface area contributed by atoms with Crippen molar-refractivity contribution in [3.8, 4) is 11.8 Å². The van der Waals surface area contributed by atoms with Crippen LogP contribution in [-0.2, 0) is 6.42 Å². The quantitative estimate of drug-likeness (QED) is 0.724. The first-order valence-corrected chi connectivity index (χ1v) is 4.37. The summed E-state index contributed by atoms with van der Waals surface area (Å²) < 4.78 is 0. The molecule has 0 atom stereocenters. The third-order valence-corrected chi connectivity index (χ3v) is 2.10. The number of aryl methyl sites for hydroxylation is 1. The highest BCUT2D eigenvalue weighted by molar-refractivity contribution is 5.95. The molecule has 0 aromatic heterocycles. The lowest BCUT2D eigenvalue weighted by atomic mass is 10.00. The molecule has 0 spiro atoms. The number of hydrogen-bond acceptors (Lipinski definition) is 3. The van der Waals surface area contributed by atoms with Gasteiger partial charge in [0.1, 0.15) is 11.8 Å². The van der Waals surface area contributed by atoms with Crippen molar-refractivity contribution in [1.29, 1.82) is 5.26 Å². The topological polar surface area (TPSA) is 61.1 Å². The molecule has 1 rings (SSSR count). The first kappa shape index (κ1) is 10.3. The zero-order chi connectivity index (χ0) is 10.7. The van der Waals surface area contributed by atoms with Gasteiger partial charge in [-0.1, -0.05) is 6.92 Å². The van der Waals surface area contributed by atoms with Crippen molar-refractivity contribution in [2.45, 2.75) is 20.3 Å². The molecule has 0 aliphatic rings. The number of phenols is 1. The second-order valence-corrected chi connectivity index (χ2v) is 3.05. The maximum absolute atomic E-state index is 11.1. The Bertz CT molecular complexity index is 416. The van der Waals surface area contributed by atoms with E-state index >= 15 is 0 Å². The summed E-state index contributed by atoms with van der Waals surface area (Å²) in [7, 11) is 0. The van der Waals surface area contributed by atoms with Gasteiger partial charge in [-0.25, -0.2) is 0 Å². The Labute approximate surface area is 82.6 Å². The van der Waals surface area contributed by atoms with Gasteiger partial charge in [-0.3, -0.25) is 4.79 Å². The third kappa shape index (κ3) is 1.74. The van der Waals surface area contributed by atoms with Crippen molar-refractivity contribution in [2.24, 2.45) is 0 Å². The zero-order valence-electron chi connectivity index (χ0n) is 8.16. The normalized spacial score (nSPS) is 9.50. The van der Waals surface area contributed by atoms with Crippen molar-refractivity contribution >= 4 is 5.78 Å². The molecule has 1 aromatic rings. The van der Waals surface area contributed by atoms with Crippen LogP contribution in [0.2, 0.25) is 0 Å². The first-order valence-electron chi connectivity index (χ1n) is 4.37. The van der Waals surface area contributed by atoms with Crippen molar-refractivity contribution in [3.05, 3.63) is 28.8 Å². The molecule has 0 aliphatic heterocycles. The fraction of sp³-hybridized carbons (Fsp3) is 0.273. The standard InChI is InChI=1S/C11H11NO2/c1-3-8-4-9(7(2)13)5-11(14)10(8)6-12/h4-5,14H,3H2,1-2H3. The summed E-state index contributed by atoms with van der Waals surface area (Å²) in [6, 6.07) is 4.91. The molecule has 1 aromatic carbocycles. The van der Waals surface area contributed by atoms with E-state index in [4.69, 9.17) is 5.26 Å². The van der Waals surface area contributed by atoms with Gasteiger partial charge in [0.25, 0.3) is 0 Å². The molecule has 14 heavy (non-hydrogen) atoms. The number of aromatic hydroxyl groups is 1. The molecule has 72 valence electrons. The van der Waals surface area contributed by atoms with Crippen LogP contribution in [0.3, 0.4) is 0 Å².